The molecule has 0 fully saturated rings. The number of phenols is 1. The molecule has 0 aliphatic heterocycles. The highest BCUT2D eigenvalue weighted by molar-refractivity contribution is 6.35. The van der Waals surface area contributed by atoms with Crippen LogP contribution in [0.5, 0.6) is 11.5 Å². The molecule has 3 N–H and O–H groups in total. The molecule has 0 saturated carbocycles. The second-order valence-electron chi connectivity index (χ2n) is 5.41. The largest absolute Gasteiger partial charge is 0.504 e. The molecule has 0 saturated heterocycles. The summed E-state index contributed by atoms with van der Waals surface area (Å²) in [6.07, 6.45) is 4.92. The lowest BCUT2D eigenvalue weighted by atomic mass is 10.1. The maximum Gasteiger partial charge on any atom is 0.329 e. The summed E-state index contributed by atoms with van der Waals surface area (Å²) in [5.74, 6) is -0.873. The number of nitrogens with zero attached hydrogens (tertiary/aromatic N) is 1. The molecule has 2 aromatic rings. The van der Waals surface area contributed by atoms with Crippen LogP contribution in [0.25, 0.3) is 0 Å². The first-order chi connectivity index (χ1) is 13.0. The Hall–Kier alpha value is -3.55. The summed E-state index contributed by atoms with van der Waals surface area (Å²) in [4.78, 5) is 23.4. The highest BCUT2D eigenvalue weighted by atomic mass is 16.5. The quantitative estimate of drug-likeness (QED) is 0.284. The maximum atomic E-state index is 11.7. The molecule has 0 atom stereocenters. The monoisotopic (exact) mass is 371 g/mol. The first-order valence-corrected chi connectivity index (χ1v) is 8.28. The Labute approximate surface area is 156 Å². The molecular formula is C19H21N3O5. The van der Waals surface area contributed by atoms with Crippen molar-refractivity contribution in [3.63, 3.8) is 0 Å². The number of amides is 2. The number of carbonyl (C=O) groups excluding carboxylic acids is 2. The van der Waals surface area contributed by atoms with Crippen molar-refractivity contribution in [2.75, 3.05) is 6.61 Å². The molecule has 1 aromatic heterocycles. The molecule has 1 aromatic carbocycles. The Morgan fingerprint density at radius 1 is 1.37 bits per heavy atom. The number of benzene rings is 1. The molecular weight excluding hydrogens is 350 g/mol. The van der Waals surface area contributed by atoms with Gasteiger partial charge in [-0.1, -0.05) is 6.08 Å². The third kappa shape index (κ3) is 5.74. The van der Waals surface area contributed by atoms with Gasteiger partial charge in [-0.25, -0.2) is 5.43 Å². The Kier molecular flexibility index (Phi) is 7.18. The lowest BCUT2D eigenvalue weighted by Gasteiger charge is -2.10. The zero-order valence-electron chi connectivity index (χ0n) is 14.9. The normalized spacial score (nSPS) is 10.6. The van der Waals surface area contributed by atoms with Gasteiger partial charge < -0.3 is 19.6 Å². The number of aromatic hydroxyl groups is 1. The number of allylic oxidation sites excluding steroid dienone is 1. The first kappa shape index (κ1) is 19.8. The molecule has 0 aliphatic rings. The van der Waals surface area contributed by atoms with E-state index in [1.54, 1.807) is 37.3 Å². The Bertz CT molecular complexity index is 828. The molecule has 8 heteroatoms. The third-order valence-corrected chi connectivity index (χ3v) is 3.43. The molecule has 2 rings (SSSR count). The molecule has 8 nitrogen and oxygen atoms in total. The van der Waals surface area contributed by atoms with E-state index in [-0.39, 0.29) is 12.3 Å². The molecule has 2 amide bonds. The highest BCUT2D eigenvalue weighted by Crippen LogP contribution is 2.31. The Morgan fingerprint density at radius 3 is 2.85 bits per heavy atom. The van der Waals surface area contributed by atoms with Crippen LogP contribution in [0.15, 0.2) is 52.7 Å². The van der Waals surface area contributed by atoms with Crippen LogP contribution >= 0.6 is 0 Å². The molecule has 142 valence electrons. The van der Waals surface area contributed by atoms with Gasteiger partial charge in [0.1, 0.15) is 5.76 Å². The summed E-state index contributed by atoms with van der Waals surface area (Å²) in [5.41, 5.74) is 3.34. The number of furan rings is 1. The molecule has 0 radical (unpaired) electrons. The van der Waals surface area contributed by atoms with Crippen LogP contribution in [0.4, 0.5) is 0 Å². The molecule has 0 bridgehead atoms. The summed E-state index contributed by atoms with van der Waals surface area (Å²) in [5, 5.41) is 16.3. The number of nitrogens with one attached hydrogen (secondary N) is 2. The maximum absolute atomic E-state index is 11.7. The Morgan fingerprint density at radius 2 is 2.19 bits per heavy atom. The van der Waals surface area contributed by atoms with Gasteiger partial charge in [0.2, 0.25) is 0 Å². The van der Waals surface area contributed by atoms with Crippen molar-refractivity contribution in [1.29, 1.82) is 0 Å². The van der Waals surface area contributed by atoms with Gasteiger partial charge >= 0.3 is 11.8 Å². The fourth-order valence-corrected chi connectivity index (χ4v) is 2.22. The topological polar surface area (TPSA) is 113 Å². The van der Waals surface area contributed by atoms with E-state index in [2.05, 4.69) is 22.4 Å². The van der Waals surface area contributed by atoms with Gasteiger partial charge in [-0.2, -0.15) is 5.10 Å². The number of carbonyl (C=O) groups is 2. The average Bonchev–Trinajstić information content (AvgIpc) is 3.17. The van der Waals surface area contributed by atoms with Gasteiger partial charge in [-0.05, 0) is 43.2 Å². The highest BCUT2D eigenvalue weighted by Gasteiger charge is 2.13. The predicted molar refractivity (Wildman–Crippen MR) is 99.5 cm³/mol. The van der Waals surface area contributed by atoms with Crippen LogP contribution < -0.4 is 15.5 Å². The van der Waals surface area contributed by atoms with E-state index in [1.165, 1.54) is 12.5 Å². The van der Waals surface area contributed by atoms with Crippen molar-refractivity contribution in [3.05, 3.63) is 60.1 Å². The average molecular weight is 371 g/mol. The van der Waals surface area contributed by atoms with Gasteiger partial charge in [-0.15, -0.1) is 6.58 Å². The number of hydrogen-bond donors (Lipinski definition) is 3. The number of hydrogen-bond acceptors (Lipinski definition) is 6. The summed E-state index contributed by atoms with van der Waals surface area (Å²) in [6, 6.07) is 6.63. The van der Waals surface area contributed by atoms with Crippen molar-refractivity contribution >= 4 is 18.0 Å². The minimum Gasteiger partial charge on any atom is -0.504 e. The Balaban J connectivity index is 1.98. The molecule has 0 spiro atoms. The van der Waals surface area contributed by atoms with Crippen LogP contribution in [-0.2, 0) is 22.6 Å². The summed E-state index contributed by atoms with van der Waals surface area (Å²) < 4.78 is 10.4. The van der Waals surface area contributed by atoms with Crippen LogP contribution in [-0.4, -0.2) is 29.7 Å². The van der Waals surface area contributed by atoms with Crippen LogP contribution in [0.2, 0.25) is 0 Å². The third-order valence-electron chi connectivity index (χ3n) is 3.43. The second kappa shape index (κ2) is 9.81. The standard InChI is InChI=1S/C19H21N3O5/c1-3-6-14-9-13(10-16(17(14)23)26-4-2)11-21-22-19(25)18(24)20-12-15-7-5-8-27-15/h3,5,7-11,23H,1,4,6,12H2,2H3,(H,20,24)(H,22,25)/b21-11+. The minimum absolute atomic E-state index is 0.0373. The smallest absolute Gasteiger partial charge is 0.329 e. The zero-order chi connectivity index (χ0) is 19.6. The zero-order valence-corrected chi connectivity index (χ0v) is 14.9. The molecule has 1 heterocycles. The second-order valence-corrected chi connectivity index (χ2v) is 5.41. The van der Waals surface area contributed by atoms with Gasteiger partial charge in [0, 0.05) is 5.56 Å². The summed E-state index contributed by atoms with van der Waals surface area (Å²) in [6.45, 7) is 5.93. The first-order valence-electron chi connectivity index (χ1n) is 8.28. The summed E-state index contributed by atoms with van der Waals surface area (Å²) >= 11 is 0. The van der Waals surface area contributed by atoms with Gasteiger partial charge in [-0.3, -0.25) is 9.59 Å². The molecule has 0 unspecified atom stereocenters. The fourth-order valence-electron chi connectivity index (χ4n) is 2.22. The lowest BCUT2D eigenvalue weighted by Crippen LogP contribution is -2.37. The van der Waals surface area contributed by atoms with E-state index in [4.69, 9.17) is 9.15 Å². The van der Waals surface area contributed by atoms with E-state index in [0.717, 1.165) is 0 Å². The van der Waals surface area contributed by atoms with Crippen LogP contribution in [0.3, 0.4) is 0 Å². The van der Waals surface area contributed by atoms with Gasteiger partial charge in [0.25, 0.3) is 0 Å². The van der Waals surface area contributed by atoms with Crippen molar-refractivity contribution in [3.8, 4) is 11.5 Å². The van der Waals surface area contributed by atoms with Crippen LogP contribution in [0.1, 0.15) is 23.8 Å². The van der Waals surface area contributed by atoms with E-state index >= 15 is 0 Å². The van der Waals surface area contributed by atoms with Crippen molar-refractivity contribution in [2.24, 2.45) is 5.10 Å². The predicted octanol–water partition coefficient (Wildman–Crippen LogP) is 1.88. The lowest BCUT2D eigenvalue weighted by molar-refractivity contribution is -0.139. The van der Waals surface area contributed by atoms with Crippen LogP contribution in [0, 0.1) is 0 Å². The molecule has 0 aliphatic carbocycles. The number of rotatable bonds is 8. The van der Waals surface area contributed by atoms with Crippen molar-refractivity contribution in [2.45, 2.75) is 19.9 Å². The van der Waals surface area contributed by atoms with E-state index in [9.17, 15) is 14.7 Å². The van der Waals surface area contributed by atoms with Crippen molar-refractivity contribution < 1.29 is 23.8 Å². The fraction of sp³-hybridized carbons (Fsp3) is 0.211. The SMILES string of the molecule is C=CCc1cc(/C=N/NC(=O)C(=O)NCc2ccco2)cc(OCC)c1O. The number of ether oxygens (including phenoxy) is 1. The van der Waals surface area contributed by atoms with Crippen molar-refractivity contribution in [1.82, 2.24) is 10.7 Å². The summed E-state index contributed by atoms with van der Waals surface area (Å²) in [7, 11) is 0. The van der Waals surface area contributed by atoms with Gasteiger partial charge in [0.15, 0.2) is 11.5 Å². The molecule has 27 heavy (non-hydrogen) atoms. The van der Waals surface area contributed by atoms with E-state index in [0.29, 0.717) is 35.7 Å². The van der Waals surface area contributed by atoms with E-state index in [1.807, 2.05) is 0 Å². The minimum atomic E-state index is -0.909. The number of phenolic OH excluding ortho intramolecular Hbond substituents is 1. The van der Waals surface area contributed by atoms with Gasteiger partial charge in [0.05, 0.1) is 25.6 Å². The van der Waals surface area contributed by atoms with E-state index < -0.39 is 11.8 Å². The number of hydrazone groups is 1.